The fraction of sp³-hybridized carbons (Fsp3) is 0.259. The van der Waals surface area contributed by atoms with Crippen LogP contribution in [0.5, 0.6) is 11.5 Å². The second-order valence-electron chi connectivity index (χ2n) is 7.98. The number of pyridine rings is 1. The van der Waals surface area contributed by atoms with Crippen molar-refractivity contribution in [1.29, 1.82) is 0 Å². The molecule has 0 bridgehead atoms. The highest BCUT2D eigenvalue weighted by Gasteiger charge is 2.09. The lowest BCUT2D eigenvalue weighted by Gasteiger charge is -2.08. The molecular weight excluding hydrogens is 444 g/mol. The van der Waals surface area contributed by atoms with E-state index in [1.54, 1.807) is 43.8 Å². The van der Waals surface area contributed by atoms with E-state index in [0.29, 0.717) is 42.6 Å². The summed E-state index contributed by atoms with van der Waals surface area (Å²) >= 11 is 0. The summed E-state index contributed by atoms with van der Waals surface area (Å²) in [6.07, 6.45) is 6.92. The van der Waals surface area contributed by atoms with Gasteiger partial charge in [-0.25, -0.2) is 0 Å². The molecule has 8 nitrogen and oxygen atoms in total. The number of aromatic nitrogens is 3. The number of nitrogens with zero attached hydrogens (tertiary/aromatic N) is 3. The number of hydrogen-bond donors (Lipinski definition) is 1. The van der Waals surface area contributed by atoms with Crippen molar-refractivity contribution in [2.45, 2.75) is 32.3 Å². The average molecular weight is 473 g/mol. The number of hydrogen-bond acceptors (Lipinski definition) is 7. The molecule has 0 aliphatic carbocycles. The monoisotopic (exact) mass is 472 g/mol. The van der Waals surface area contributed by atoms with Gasteiger partial charge in [-0.05, 0) is 67.4 Å². The number of unbranched alkanes of at least 4 members (excludes halogenated alkanes) is 2. The van der Waals surface area contributed by atoms with Crippen LogP contribution >= 0.6 is 0 Å². The van der Waals surface area contributed by atoms with Crippen LogP contribution in [0.25, 0.3) is 11.4 Å². The first-order valence-corrected chi connectivity index (χ1v) is 11.6. The van der Waals surface area contributed by atoms with Gasteiger partial charge in [0.15, 0.2) is 0 Å². The van der Waals surface area contributed by atoms with Crippen molar-refractivity contribution in [3.8, 4) is 22.9 Å². The van der Waals surface area contributed by atoms with Crippen LogP contribution in [0.2, 0.25) is 0 Å². The predicted molar refractivity (Wildman–Crippen MR) is 131 cm³/mol. The van der Waals surface area contributed by atoms with Crippen molar-refractivity contribution in [3.63, 3.8) is 0 Å². The summed E-state index contributed by atoms with van der Waals surface area (Å²) < 4.78 is 16.3. The van der Waals surface area contributed by atoms with Crippen LogP contribution in [0.15, 0.2) is 77.6 Å². The summed E-state index contributed by atoms with van der Waals surface area (Å²) in [5, 5.41) is 7.01. The van der Waals surface area contributed by atoms with E-state index in [1.807, 2.05) is 36.4 Å². The Bertz CT molecular complexity index is 1190. The molecule has 0 aliphatic heterocycles. The molecule has 1 amide bonds. The molecule has 180 valence electrons. The van der Waals surface area contributed by atoms with E-state index < -0.39 is 0 Å². The van der Waals surface area contributed by atoms with Crippen LogP contribution in [-0.4, -0.2) is 34.7 Å². The first-order chi connectivity index (χ1) is 17.2. The van der Waals surface area contributed by atoms with Crippen LogP contribution < -0.4 is 14.8 Å². The SMILES string of the molecule is COc1ccc(-c2noc(CCCCCNC(=O)c3ccc(OCc4cccnc4)cc3)n2)cc1. The molecule has 35 heavy (non-hydrogen) atoms. The minimum absolute atomic E-state index is 0.0927. The first-order valence-electron chi connectivity index (χ1n) is 11.6. The number of amides is 1. The molecule has 0 spiro atoms. The molecule has 0 saturated heterocycles. The summed E-state index contributed by atoms with van der Waals surface area (Å²) in [6, 6.07) is 18.5. The Morgan fingerprint density at radius 2 is 1.77 bits per heavy atom. The molecule has 0 saturated carbocycles. The maximum atomic E-state index is 12.4. The Balaban J connectivity index is 1.12. The number of carbonyl (C=O) groups is 1. The van der Waals surface area contributed by atoms with E-state index >= 15 is 0 Å². The zero-order valence-electron chi connectivity index (χ0n) is 19.6. The Morgan fingerprint density at radius 1 is 0.971 bits per heavy atom. The van der Waals surface area contributed by atoms with Crippen molar-refractivity contribution in [1.82, 2.24) is 20.4 Å². The van der Waals surface area contributed by atoms with Crippen molar-refractivity contribution < 1.29 is 18.8 Å². The zero-order chi connectivity index (χ0) is 24.3. The van der Waals surface area contributed by atoms with Gasteiger partial charge in [0.2, 0.25) is 11.7 Å². The molecule has 4 aromatic rings. The highest BCUT2D eigenvalue weighted by atomic mass is 16.5. The quantitative estimate of drug-likeness (QED) is 0.294. The number of aryl methyl sites for hydroxylation is 1. The van der Waals surface area contributed by atoms with Crippen LogP contribution in [0.1, 0.15) is 41.1 Å². The van der Waals surface area contributed by atoms with Crippen molar-refractivity contribution in [3.05, 3.63) is 90.1 Å². The summed E-state index contributed by atoms with van der Waals surface area (Å²) in [5.41, 5.74) is 2.48. The zero-order valence-corrected chi connectivity index (χ0v) is 19.6. The Kier molecular flexibility index (Phi) is 8.42. The number of methoxy groups -OCH3 is 1. The average Bonchev–Trinajstić information content (AvgIpc) is 3.39. The normalized spacial score (nSPS) is 10.7. The van der Waals surface area contributed by atoms with Crippen LogP contribution in [0, 0.1) is 0 Å². The van der Waals surface area contributed by atoms with E-state index in [9.17, 15) is 4.79 Å². The second kappa shape index (κ2) is 12.3. The third kappa shape index (κ3) is 7.14. The summed E-state index contributed by atoms with van der Waals surface area (Å²) in [7, 11) is 1.63. The van der Waals surface area contributed by atoms with Crippen LogP contribution in [0.3, 0.4) is 0 Å². The molecule has 2 heterocycles. The molecule has 0 unspecified atom stereocenters. The summed E-state index contributed by atoms with van der Waals surface area (Å²) in [4.78, 5) is 20.9. The van der Waals surface area contributed by atoms with E-state index in [0.717, 1.165) is 36.1 Å². The predicted octanol–water partition coefficient (Wildman–Crippen LogP) is 4.86. The van der Waals surface area contributed by atoms with Crippen LogP contribution in [-0.2, 0) is 13.0 Å². The van der Waals surface area contributed by atoms with Crippen molar-refractivity contribution in [2.75, 3.05) is 13.7 Å². The molecule has 0 aliphatic rings. The fourth-order valence-electron chi connectivity index (χ4n) is 3.45. The van der Waals surface area contributed by atoms with E-state index in [-0.39, 0.29) is 5.91 Å². The largest absolute Gasteiger partial charge is 0.497 e. The Morgan fingerprint density at radius 3 is 2.51 bits per heavy atom. The molecule has 4 rings (SSSR count). The van der Waals surface area contributed by atoms with Crippen LogP contribution in [0.4, 0.5) is 0 Å². The minimum Gasteiger partial charge on any atom is -0.497 e. The van der Waals surface area contributed by atoms with E-state index in [4.69, 9.17) is 14.0 Å². The summed E-state index contributed by atoms with van der Waals surface area (Å²) in [6.45, 7) is 1.05. The highest BCUT2D eigenvalue weighted by Crippen LogP contribution is 2.20. The maximum absolute atomic E-state index is 12.4. The molecule has 0 atom stereocenters. The van der Waals surface area contributed by atoms with E-state index in [1.165, 1.54) is 0 Å². The van der Waals surface area contributed by atoms with Crippen molar-refractivity contribution in [2.24, 2.45) is 0 Å². The Hall–Kier alpha value is -4.20. The number of carbonyl (C=O) groups excluding carboxylic acids is 1. The fourth-order valence-corrected chi connectivity index (χ4v) is 3.45. The number of ether oxygens (including phenoxy) is 2. The smallest absolute Gasteiger partial charge is 0.251 e. The third-order valence-electron chi connectivity index (χ3n) is 5.41. The number of benzene rings is 2. The van der Waals surface area contributed by atoms with Gasteiger partial charge in [0, 0.05) is 42.0 Å². The van der Waals surface area contributed by atoms with Gasteiger partial charge in [0.25, 0.3) is 5.91 Å². The Labute approximate surface area is 204 Å². The molecule has 1 N–H and O–H groups in total. The maximum Gasteiger partial charge on any atom is 0.251 e. The number of nitrogens with one attached hydrogen (secondary N) is 1. The number of rotatable bonds is 12. The van der Waals surface area contributed by atoms with Gasteiger partial charge in [-0.3, -0.25) is 9.78 Å². The molecule has 0 fully saturated rings. The lowest BCUT2D eigenvalue weighted by molar-refractivity contribution is 0.0953. The highest BCUT2D eigenvalue weighted by molar-refractivity contribution is 5.94. The lowest BCUT2D eigenvalue weighted by atomic mass is 10.1. The van der Waals surface area contributed by atoms with E-state index in [2.05, 4.69) is 20.4 Å². The molecule has 2 aromatic heterocycles. The topological polar surface area (TPSA) is 99.4 Å². The minimum atomic E-state index is -0.0927. The van der Waals surface area contributed by atoms with Gasteiger partial charge in [-0.1, -0.05) is 17.6 Å². The van der Waals surface area contributed by atoms with Crippen molar-refractivity contribution >= 4 is 5.91 Å². The van der Waals surface area contributed by atoms with Gasteiger partial charge in [-0.2, -0.15) is 4.98 Å². The molecule has 8 heteroatoms. The van der Waals surface area contributed by atoms with Gasteiger partial charge in [-0.15, -0.1) is 0 Å². The molecule has 0 radical (unpaired) electrons. The lowest BCUT2D eigenvalue weighted by Crippen LogP contribution is -2.24. The first kappa shape index (κ1) is 23.9. The van der Waals surface area contributed by atoms with Gasteiger partial charge >= 0.3 is 0 Å². The van der Waals surface area contributed by atoms with Gasteiger partial charge < -0.3 is 19.3 Å². The third-order valence-corrected chi connectivity index (χ3v) is 5.41. The molecule has 2 aromatic carbocycles. The second-order valence-corrected chi connectivity index (χ2v) is 7.98. The summed E-state index contributed by atoms with van der Waals surface area (Å²) in [5.74, 6) is 2.59. The molecular formula is C27H28N4O4. The van der Waals surface area contributed by atoms with Gasteiger partial charge in [0.05, 0.1) is 7.11 Å². The van der Waals surface area contributed by atoms with Gasteiger partial charge in [0.1, 0.15) is 18.1 Å². The standard InChI is InChI=1S/C27H28N4O4/c1-33-23-12-8-21(9-13-23)26-30-25(35-31-26)7-3-2-4-17-29-27(32)22-10-14-24(15-11-22)34-19-20-6-5-16-28-18-20/h5-6,8-16,18H,2-4,7,17,19H2,1H3,(H,29,32).